The summed E-state index contributed by atoms with van der Waals surface area (Å²) in [6.07, 6.45) is 3.98. The third-order valence-electron chi connectivity index (χ3n) is 3.61. The summed E-state index contributed by atoms with van der Waals surface area (Å²) in [4.78, 5) is 3.89. The average molecular weight is 272 g/mol. The summed E-state index contributed by atoms with van der Waals surface area (Å²) in [5, 5.41) is 3.47. The largest absolute Gasteiger partial charge is 0.304 e. The minimum atomic E-state index is -0.295. The molecule has 0 bridgehead atoms. The molecule has 1 aromatic carbocycles. The van der Waals surface area contributed by atoms with Gasteiger partial charge in [-0.05, 0) is 43.0 Å². The highest BCUT2D eigenvalue weighted by atomic mass is 19.1. The van der Waals surface area contributed by atoms with Crippen LogP contribution < -0.4 is 5.32 Å². The van der Waals surface area contributed by atoms with Gasteiger partial charge in [0, 0.05) is 18.3 Å². The molecule has 2 aromatic rings. The van der Waals surface area contributed by atoms with E-state index in [-0.39, 0.29) is 17.9 Å². The lowest BCUT2D eigenvalue weighted by atomic mass is 10.0. The van der Waals surface area contributed by atoms with Crippen LogP contribution in [-0.2, 0) is 6.42 Å². The van der Waals surface area contributed by atoms with Crippen molar-refractivity contribution in [3.05, 3.63) is 65.2 Å². The highest BCUT2D eigenvalue weighted by Crippen LogP contribution is 2.19. The number of rotatable bonds is 5. The van der Waals surface area contributed by atoms with Crippen molar-refractivity contribution >= 4 is 0 Å². The SMILES string of the molecule is CCc1ccc(C(C)NC(C)c2cncc(F)c2)cc1. The van der Waals surface area contributed by atoms with Gasteiger partial charge in [-0.1, -0.05) is 31.2 Å². The number of benzene rings is 1. The molecule has 0 aliphatic heterocycles. The van der Waals surface area contributed by atoms with E-state index in [9.17, 15) is 4.39 Å². The Morgan fingerprint density at radius 1 is 1.05 bits per heavy atom. The van der Waals surface area contributed by atoms with Gasteiger partial charge < -0.3 is 5.32 Å². The van der Waals surface area contributed by atoms with Crippen molar-refractivity contribution in [1.29, 1.82) is 0 Å². The first-order valence-corrected chi connectivity index (χ1v) is 7.05. The van der Waals surface area contributed by atoms with Crippen molar-refractivity contribution < 1.29 is 4.39 Å². The second-order valence-electron chi connectivity index (χ2n) is 5.14. The van der Waals surface area contributed by atoms with E-state index in [0.717, 1.165) is 12.0 Å². The van der Waals surface area contributed by atoms with E-state index in [1.54, 1.807) is 6.20 Å². The molecule has 2 atom stereocenters. The van der Waals surface area contributed by atoms with Gasteiger partial charge in [0.05, 0.1) is 6.20 Å². The molecular weight excluding hydrogens is 251 g/mol. The van der Waals surface area contributed by atoms with Gasteiger partial charge >= 0.3 is 0 Å². The Morgan fingerprint density at radius 3 is 2.30 bits per heavy atom. The zero-order valence-electron chi connectivity index (χ0n) is 12.2. The number of hydrogen-bond acceptors (Lipinski definition) is 2. The highest BCUT2D eigenvalue weighted by Gasteiger charge is 2.12. The zero-order chi connectivity index (χ0) is 14.5. The molecule has 0 amide bonds. The molecular formula is C17H21FN2. The van der Waals surface area contributed by atoms with Crippen molar-refractivity contribution in [2.75, 3.05) is 0 Å². The third-order valence-corrected chi connectivity index (χ3v) is 3.61. The Hall–Kier alpha value is -1.74. The molecule has 0 spiro atoms. The van der Waals surface area contributed by atoms with Gasteiger partial charge in [0.1, 0.15) is 5.82 Å². The number of pyridine rings is 1. The van der Waals surface area contributed by atoms with E-state index >= 15 is 0 Å². The van der Waals surface area contributed by atoms with E-state index < -0.39 is 0 Å². The number of nitrogens with zero attached hydrogens (tertiary/aromatic N) is 1. The Balaban J connectivity index is 2.04. The summed E-state index contributed by atoms with van der Waals surface area (Å²) in [6.45, 7) is 6.28. The summed E-state index contributed by atoms with van der Waals surface area (Å²) in [7, 11) is 0. The molecule has 0 saturated heterocycles. The van der Waals surface area contributed by atoms with Crippen LogP contribution in [0, 0.1) is 5.82 Å². The van der Waals surface area contributed by atoms with E-state index in [0.29, 0.717) is 0 Å². The molecule has 1 heterocycles. The molecule has 3 heteroatoms. The average Bonchev–Trinajstić information content (AvgIpc) is 2.47. The molecule has 106 valence electrons. The molecule has 0 fully saturated rings. The van der Waals surface area contributed by atoms with E-state index in [1.165, 1.54) is 23.4 Å². The second kappa shape index (κ2) is 6.62. The quantitative estimate of drug-likeness (QED) is 0.882. The normalized spacial score (nSPS) is 14.0. The number of nitrogens with one attached hydrogen (secondary N) is 1. The molecule has 2 unspecified atom stereocenters. The Labute approximate surface area is 120 Å². The topological polar surface area (TPSA) is 24.9 Å². The fourth-order valence-corrected chi connectivity index (χ4v) is 2.27. The van der Waals surface area contributed by atoms with Crippen LogP contribution in [0.4, 0.5) is 4.39 Å². The molecule has 0 radical (unpaired) electrons. The maximum absolute atomic E-state index is 13.2. The van der Waals surface area contributed by atoms with Crippen molar-refractivity contribution in [3.8, 4) is 0 Å². The number of aryl methyl sites for hydroxylation is 1. The van der Waals surface area contributed by atoms with Crippen LogP contribution in [0.5, 0.6) is 0 Å². The maximum Gasteiger partial charge on any atom is 0.141 e. The molecule has 20 heavy (non-hydrogen) atoms. The second-order valence-corrected chi connectivity index (χ2v) is 5.14. The zero-order valence-corrected chi connectivity index (χ0v) is 12.2. The van der Waals surface area contributed by atoms with Crippen molar-refractivity contribution in [1.82, 2.24) is 10.3 Å². The van der Waals surface area contributed by atoms with Crippen LogP contribution in [0.3, 0.4) is 0 Å². The van der Waals surface area contributed by atoms with Gasteiger partial charge in [0.15, 0.2) is 0 Å². The monoisotopic (exact) mass is 272 g/mol. The summed E-state index contributed by atoms with van der Waals surface area (Å²) < 4.78 is 13.2. The smallest absolute Gasteiger partial charge is 0.141 e. The standard InChI is InChI=1S/C17H21FN2/c1-4-14-5-7-15(8-6-14)12(2)20-13(3)16-9-17(18)11-19-10-16/h5-13,20H,4H2,1-3H3. The minimum absolute atomic E-state index is 0.0547. The first kappa shape index (κ1) is 14.7. The van der Waals surface area contributed by atoms with E-state index in [2.05, 4.69) is 48.4 Å². The molecule has 2 rings (SSSR count). The van der Waals surface area contributed by atoms with Crippen molar-refractivity contribution in [2.24, 2.45) is 0 Å². The predicted octanol–water partition coefficient (Wildman–Crippen LogP) is 4.19. The molecule has 0 saturated carbocycles. The number of halogens is 1. The van der Waals surface area contributed by atoms with Gasteiger partial charge in [0.25, 0.3) is 0 Å². The lowest BCUT2D eigenvalue weighted by Gasteiger charge is -2.20. The lowest BCUT2D eigenvalue weighted by molar-refractivity contribution is 0.490. The van der Waals surface area contributed by atoms with Crippen LogP contribution in [0.15, 0.2) is 42.7 Å². The van der Waals surface area contributed by atoms with Gasteiger partial charge in [-0.2, -0.15) is 0 Å². The summed E-state index contributed by atoms with van der Waals surface area (Å²) in [5.41, 5.74) is 3.43. The van der Waals surface area contributed by atoms with Crippen LogP contribution in [0.2, 0.25) is 0 Å². The van der Waals surface area contributed by atoms with E-state index in [1.807, 2.05) is 6.92 Å². The van der Waals surface area contributed by atoms with Crippen molar-refractivity contribution in [3.63, 3.8) is 0 Å². The highest BCUT2D eigenvalue weighted by molar-refractivity contribution is 5.25. The summed E-state index contributed by atoms with van der Waals surface area (Å²) in [5.74, 6) is -0.295. The van der Waals surface area contributed by atoms with Crippen LogP contribution in [0.25, 0.3) is 0 Å². The fourth-order valence-electron chi connectivity index (χ4n) is 2.27. The van der Waals surface area contributed by atoms with Crippen molar-refractivity contribution in [2.45, 2.75) is 39.3 Å². The Morgan fingerprint density at radius 2 is 1.70 bits per heavy atom. The Bertz CT molecular complexity index is 551. The number of aromatic nitrogens is 1. The van der Waals surface area contributed by atoms with Crippen LogP contribution >= 0.6 is 0 Å². The van der Waals surface area contributed by atoms with Gasteiger partial charge in [0.2, 0.25) is 0 Å². The summed E-state index contributed by atoms with van der Waals surface area (Å²) in [6, 6.07) is 10.4. The molecule has 0 aliphatic rings. The molecule has 0 aliphatic carbocycles. The molecule has 1 N–H and O–H groups in total. The third kappa shape index (κ3) is 3.64. The minimum Gasteiger partial charge on any atom is -0.304 e. The summed E-state index contributed by atoms with van der Waals surface area (Å²) >= 11 is 0. The maximum atomic E-state index is 13.2. The predicted molar refractivity (Wildman–Crippen MR) is 80.0 cm³/mol. The van der Waals surface area contributed by atoms with Crippen LogP contribution in [0.1, 0.15) is 49.5 Å². The lowest BCUT2D eigenvalue weighted by Crippen LogP contribution is -2.22. The van der Waals surface area contributed by atoms with Gasteiger partial charge in [-0.3, -0.25) is 4.98 Å². The fraction of sp³-hybridized carbons (Fsp3) is 0.353. The number of hydrogen-bond donors (Lipinski definition) is 1. The Kier molecular flexibility index (Phi) is 4.85. The van der Waals surface area contributed by atoms with Gasteiger partial charge in [-0.15, -0.1) is 0 Å². The van der Waals surface area contributed by atoms with E-state index in [4.69, 9.17) is 0 Å². The first-order chi connectivity index (χ1) is 9.60. The van der Waals surface area contributed by atoms with Gasteiger partial charge in [-0.25, -0.2) is 4.39 Å². The molecule has 2 nitrogen and oxygen atoms in total. The molecule has 1 aromatic heterocycles. The first-order valence-electron chi connectivity index (χ1n) is 7.05. The van der Waals surface area contributed by atoms with Crippen LogP contribution in [-0.4, -0.2) is 4.98 Å².